The number of fused-ring (bicyclic) bond motifs is 3. The van der Waals surface area contributed by atoms with Gasteiger partial charge >= 0.3 is 0 Å². The van der Waals surface area contributed by atoms with Crippen molar-refractivity contribution >= 4 is 10.9 Å². The van der Waals surface area contributed by atoms with Crippen molar-refractivity contribution in [3.05, 3.63) is 112 Å². The van der Waals surface area contributed by atoms with Crippen LogP contribution in [0.25, 0.3) is 10.9 Å². The van der Waals surface area contributed by atoms with Crippen LogP contribution in [0.15, 0.2) is 95.1 Å². The van der Waals surface area contributed by atoms with Crippen LogP contribution in [0.1, 0.15) is 24.0 Å². The highest BCUT2D eigenvalue weighted by atomic mass is 16.5. The quantitative estimate of drug-likeness (QED) is 0.485. The number of hydrogen-bond acceptors (Lipinski definition) is 5. The van der Waals surface area contributed by atoms with E-state index in [0.717, 1.165) is 16.5 Å². The van der Waals surface area contributed by atoms with Crippen molar-refractivity contribution in [2.45, 2.75) is 19.4 Å². The van der Waals surface area contributed by atoms with Gasteiger partial charge in [0, 0.05) is 11.9 Å². The Morgan fingerprint density at radius 2 is 1.76 bits per heavy atom. The zero-order chi connectivity index (χ0) is 22.9. The van der Waals surface area contributed by atoms with Crippen LogP contribution in [0.3, 0.4) is 0 Å². The van der Waals surface area contributed by atoms with Crippen LogP contribution in [-0.4, -0.2) is 4.57 Å². The van der Waals surface area contributed by atoms with E-state index in [-0.39, 0.29) is 17.0 Å². The van der Waals surface area contributed by atoms with Crippen molar-refractivity contribution in [2.24, 2.45) is 5.73 Å². The molecule has 2 N–H and O–H groups in total. The molecular formula is C27H21N3O3. The summed E-state index contributed by atoms with van der Waals surface area (Å²) in [5.41, 5.74) is 8.09. The molecule has 0 bridgehead atoms. The maximum Gasteiger partial charge on any atom is 0.259 e. The Hall–Kier alpha value is -4.50. The van der Waals surface area contributed by atoms with Gasteiger partial charge in [0.1, 0.15) is 28.9 Å². The second kappa shape index (κ2) is 8.21. The fourth-order valence-electron chi connectivity index (χ4n) is 4.36. The molecule has 0 saturated carbocycles. The number of aromatic nitrogens is 1. The molecule has 6 nitrogen and oxygen atoms in total. The lowest BCUT2D eigenvalue weighted by Crippen LogP contribution is -2.31. The number of allylic oxidation sites excluding steroid dienone is 1. The third-order valence-corrected chi connectivity index (χ3v) is 5.82. The van der Waals surface area contributed by atoms with Crippen molar-refractivity contribution < 1.29 is 9.47 Å². The summed E-state index contributed by atoms with van der Waals surface area (Å²) in [6, 6.07) is 26.5. The first-order chi connectivity index (χ1) is 16.1. The molecule has 0 fully saturated rings. The summed E-state index contributed by atoms with van der Waals surface area (Å²) in [6.45, 7) is 2.40. The predicted molar refractivity (Wildman–Crippen MR) is 126 cm³/mol. The van der Waals surface area contributed by atoms with E-state index in [1.165, 1.54) is 0 Å². The van der Waals surface area contributed by atoms with Crippen LogP contribution in [-0.2, 0) is 6.54 Å². The number of para-hydroxylation sites is 2. The molecule has 0 saturated heterocycles. The minimum atomic E-state index is -0.673. The Morgan fingerprint density at radius 1 is 1.03 bits per heavy atom. The third-order valence-electron chi connectivity index (χ3n) is 5.82. The SMILES string of the molecule is CCn1c(=O)c2c(c3ccccc31)OC(N)=C(C#N)C2c1cccc(Oc2ccccc2)c1. The molecule has 33 heavy (non-hydrogen) atoms. The molecular weight excluding hydrogens is 414 g/mol. The van der Waals surface area contributed by atoms with E-state index in [0.29, 0.717) is 29.4 Å². The lowest BCUT2D eigenvalue weighted by molar-refractivity contribution is 0.395. The van der Waals surface area contributed by atoms with Gasteiger partial charge in [0.15, 0.2) is 0 Å². The minimum absolute atomic E-state index is 0.00295. The molecule has 1 aromatic heterocycles. The molecule has 1 unspecified atom stereocenters. The number of rotatable bonds is 4. The Bertz CT molecular complexity index is 1500. The molecule has 2 heterocycles. The van der Waals surface area contributed by atoms with Gasteiger partial charge in [-0.1, -0.05) is 42.5 Å². The highest BCUT2D eigenvalue weighted by Crippen LogP contribution is 2.44. The molecule has 3 aromatic carbocycles. The first-order valence-electron chi connectivity index (χ1n) is 10.7. The predicted octanol–water partition coefficient (Wildman–Crippen LogP) is 5.03. The molecule has 0 spiro atoms. The lowest BCUT2D eigenvalue weighted by Gasteiger charge is -2.28. The van der Waals surface area contributed by atoms with Crippen LogP contribution in [0.4, 0.5) is 0 Å². The van der Waals surface area contributed by atoms with Gasteiger partial charge in [-0.3, -0.25) is 4.79 Å². The molecule has 1 atom stereocenters. The second-order valence-electron chi connectivity index (χ2n) is 7.72. The number of benzene rings is 3. The topological polar surface area (TPSA) is 90.3 Å². The molecule has 4 aromatic rings. The first-order valence-corrected chi connectivity index (χ1v) is 10.7. The van der Waals surface area contributed by atoms with E-state index in [1.807, 2.05) is 85.8 Å². The van der Waals surface area contributed by atoms with Crippen molar-refractivity contribution in [3.63, 3.8) is 0 Å². The Kier molecular flexibility index (Phi) is 5.08. The number of hydrogen-bond donors (Lipinski definition) is 1. The molecule has 1 aliphatic rings. The van der Waals surface area contributed by atoms with E-state index in [4.69, 9.17) is 15.2 Å². The van der Waals surface area contributed by atoms with Gasteiger partial charge in [0.25, 0.3) is 5.56 Å². The molecule has 0 aliphatic carbocycles. The average Bonchev–Trinajstić information content (AvgIpc) is 2.84. The van der Waals surface area contributed by atoms with Gasteiger partial charge in [-0.15, -0.1) is 0 Å². The molecule has 1 aliphatic heterocycles. The molecule has 0 amide bonds. The standard InChI is InChI=1S/C27H21N3O3/c1-2-30-22-14-7-6-13-20(22)25-24(27(30)31)23(21(16-28)26(29)33-25)17-9-8-12-19(15-17)32-18-10-4-3-5-11-18/h3-15,23H,2,29H2,1H3. The van der Waals surface area contributed by atoms with Crippen LogP contribution >= 0.6 is 0 Å². The smallest absolute Gasteiger partial charge is 0.259 e. The van der Waals surface area contributed by atoms with E-state index < -0.39 is 5.92 Å². The van der Waals surface area contributed by atoms with E-state index >= 15 is 0 Å². The van der Waals surface area contributed by atoms with Crippen molar-refractivity contribution in [3.8, 4) is 23.3 Å². The van der Waals surface area contributed by atoms with Crippen LogP contribution < -0.4 is 20.8 Å². The van der Waals surface area contributed by atoms with Gasteiger partial charge in [-0.05, 0) is 48.9 Å². The largest absolute Gasteiger partial charge is 0.457 e. The van der Waals surface area contributed by atoms with Gasteiger partial charge < -0.3 is 19.8 Å². The minimum Gasteiger partial charge on any atom is -0.457 e. The molecule has 6 heteroatoms. The highest BCUT2D eigenvalue weighted by molar-refractivity contribution is 5.88. The highest BCUT2D eigenvalue weighted by Gasteiger charge is 2.35. The number of ether oxygens (including phenoxy) is 2. The van der Waals surface area contributed by atoms with Gasteiger partial charge in [-0.25, -0.2) is 0 Å². The zero-order valence-corrected chi connectivity index (χ0v) is 18.0. The number of nitriles is 1. The van der Waals surface area contributed by atoms with E-state index in [1.54, 1.807) is 4.57 Å². The van der Waals surface area contributed by atoms with Crippen LogP contribution in [0.2, 0.25) is 0 Å². The number of nitrogens with two attached hydrogens (primary N) is 1. The fourth-order valence-corrected chi connectivity index (χ4v) is 4.36. The normalized spacial score (nSPS) is 15.0. The summed E-state index contributed by atoms with van der Waals surface area (Å²) in [5, 5.41) is 10.7. The maximum atomic E-state index is 13.7. The summed E-state index contributed by atoms with van der Waals surface area (Å²) >= 11 is 0. The zero-order valence-electron chi connectivity index (χ0n) is 18.0. The Labute approximate surface area is 190 Å². The number of pyridine rings is 1. The number of aryl methyl sites for hydroxylation is 1. The monoisotopic (exact) mass is 435 g/mol. The summed E-state index contributed by atoms with van der Waals surface area (Å²) in [6.07, 6.45) is 0. The van der Waals surface area contributed by atoms with Gasteiger partial charge in [0.05, 0.1) is 17.0 Å². The molecule has 5 rings (SSSR count). The third kappa shape index (κ3) is 3.40. The molecule has 162 valence electrons. The Morgan fingerprint density at radius 3 is 2.52 bits per heavy atom. The van der Waals surface area contributed by atoms with Gasteiger partial charge in [-0.2, -0.15) is 5.26 Å². The molecule has 0 radical (unpaired) electrons. The second-order valence-corrected chi connectivity index (χ2v) is 7.72. The lowest BCUT2D eigenvalue weighted by atomic mass is 9.83. The van der Waals surface area contributed by atoms with E-state index in [9.17, 15) is 10.1 Å². The summed E-state index contributed by atoms with van der Waals surface area (Å²) in [4.78, 5) is 13.7. The maximum absolute atomic E-state index is 13.7. The average molecular weight is 435 g/mol. The van der Waals surface area contributed by atoms with Crippen molar-refractivity contribution in [2.75, 3.05) is 0 Å². The van der Waals surface area contributed by atoms with E-state index in [2.05, 4.69) is 6.07 Å². The first kappa shape index (κ1) is 20.4. The van der Waals surface area contributed by atoms with Crippen molar-refractivity contribution in [1.29, 1.82) is 5.26 Å². The van der Waals surface area contributed by atoms with Gasteiger partial charge in [0.2, 0.25) is 5.88 Å². The van der Waals surface area contributed by atoms with Crippen molar-refractivity contribution in [1.82, 2.24) is 4.57 Å². The summed E-state index contributed by atoms with van der Waals surface area (Å²) < 4.78 is 13.6. The van der Waals surface area contributed by atoms with Crippen LogP contribution in [0.5, 0.6) is 17.2 Å². The summed E-state index contributed by atoms with van der Waals surface area (Å²) in [5.74, 6) is 1.02. The van der Waals surface area contributed by atoms with Crippen LogP contribution in [0, 0.1) is 11.3 Å². The number of nitrogens with zero attached hydrogens (tertiary/aromatic N) is 2. The fraction of sp³-hybridized carbons (Fsp3) is 0.111. The summed E-state index contributed by atoms with van der Waals surface area (Å²) in [7, 11) is 0. The Balaban J connectivity index is 1.74.